The van der Waals surface area contributed by atoms with Gasteiger partial charge in [-0.05, 0) is 56.1 Å². The fraction of sp³-hybridized carbons (Fsp3) is 0.400. The van der Waals surface area contributed by atoms with E-state index in [9.17, 15) is 18.4 Å². The number of carboxylic acid groups (broad SMARTS) is 1. The highest BCUT2D eigenvalue weighted by Crippen LogP contribution is 2.18. The molecule has 24 heavy (non-hydrogen) atoms. The van der Waals surface area contributed by atoms with Gasteiger partial charge in [0.25, 0.3) is 5.91 Å². The molecule has 130 valence electrons. The third-order valence-electron chi connectivity index (χ3n) is 3.80. The van der Waals surface area contributed by atoms with Gasteiger partial charge in [0.1, 0.15) is 0 Å². The van der Waals surface area contributed by atoms with Crippen molar-refractivity contribution in [3.05, 3.63) is 35.4 Å². The fourth-order valence-electron chi connectivity index (χ4n) is 2.59. The number of carbonyl (C=O) groups is 2. The first kappa shape index (κ1) is 18.1. The number of halogens is 2. The zero-order chi connectivity index (χ0) is 17.7. The number of amides is 2. The highest BCUT2D eigenvalue weighted by molar-refractivity contribution is 7.80. The minimum atomic E-state index is -1.11. The minimum absolute atomic E-state index is 0.0228. The quantitative estimate of drug-likeness (QED) is 0.623. The Morgan fingerprint density at radius 1 is 1.04 bits per heavy atom. The molecule has 0 saturated heterocycles. The van der Waals surface area contributed by atoms with Gasteiger partial charge in [-0.2, -0.15) is 0 Å². The second-order valence-electron chi connectivity index (χ2n) is 5.55. The Kier molecular flexibility index (Phi) is 6.02. The standard InChI is InChI=1S/C15H17F2N3O3S/c16-11-6-1-8(7-12(11)17)13(21)20-14(24)18-9-2-4-10(5-3-9)19-15(22)23/h1,6-7,9-10,19H,2-5H2,(H,22,23)(H2,18,20,21,24). The van der Waals surface area contributed by atoms with Crippen LogP contribution in [-0.4, -0.2) is 34.3 Å². The Hall–Kier alpha value is -2.29. The predicted molar refractivity (Wildman–Crippen MR) is 86.8 cm³/mol. The summed E-state index contributed by atoms with van der Waals surface area (Å²) in [6, 6.07) is 2.78. The SMILES string of the molecule is O=C(O)NC1CCC(NC(=S)NC(=O)c2ccc(F)c(F)c2)CC1. The van der Waals surface area contributed by atoms with Gasteiger partial charge in [0.15, 0.2) is 16.7 Å². The van der Waals surface area contributed by atoms with Crippen LogP contribution in [0.15, 0.2) is 18.2 Å². The summed E-state index contributed by atoms with van der Waals surface area (Å²) in [5.41, 5.74) is -0.0348. The number of benzene rings is 1. The number of rotatable bonds is 3. The van der Waals surface area contributed by atoms with Crippen molar-refractivity contribution < 1.29 is 23.5 Å². The van der Waals surface area contributed by atoms with Crippen LogP contribution in [0.3, 0.4) is 0 Å². The lowest BCUT2D eigenvalue weighted by molar-refractivity contribution is 0.0975. The van der Waals surface area contributed by atoms with E-state index in [2.05, 4.69) is 16.0 Å². The molecule has 1 aliphatic carbocycles. The lowest BCUT2D eigenvalue weighted by Crippen LogP contribution is -2.47. The third kappa shape index (κ3) is 5.12. The average molecular weight is 357 g/mol. The Bertz CT molecular complexity index is 649. The normalized spacial score (nSPS) is 20.1. The highest BCUT2D eigenvalue weighted by Gasteiger charge is 2.23. The van der Waals surface area contributed by atoms with Crippen molar-refractivity contribution in [2.75, 3.05) is 0 Å². The number of nitrogens with one attached hydrogen (secondary N) is 3. The van der Waals surface area contributed by atoms with Gasteiger partial charge in [0.05, 0.1) is 0 Å². The Balaban J connectivity index is 1.80. The van der Waals surface area contributed by atoms with E-state index in [1.165, 1.54) is 6.07 Å². The molecular formula is C15H17F2N3O3S. The molecule has 0 aliphatic heterocycles. The van der Waals surface area contributed by atoms with Crippen LogP contribution in [0.1, 0.15) is 36.0 Å². The molecule has 6 nitrogen and oxygen atoms in total. The summed E-state index contributed by atoms with van der Waals surface area (Å²) in [6.07, 6.45) is 1.70. The van der Waals surface area contributed by atoms with Crippen molar-refractivity contribution in [1.82, 2.24) is 16.0 Å². The molecule has 0 heterocycles. The summed E-state index contributed by atoms with van der Waals surface area (Å²) in [5, 5.41) is 16.6. The molecule has 4 N–H and O–H groups in total. The molecule has 0 spiro atoms. The molecule has 9 heteroatoms. The fourth-order valence-corrected chi connectivity index (χ4v) is 2.85. The average Bonchev–Trinajstić information content (AvgIpc) is 2.51. The molecule has 1 saturated carbocycles. The smallest absolute Gasteiger partial charge is 0.404 e. The molecule has 2 amide bonds. The van der Waals surface area contributed by atoms with E-state index in [-0.39, 0.29) is 22.8 Å². The summed E-state index contributed by atoms with van der Waals surface area (Å²) in [5.74, 6) is -2.77. The van der Waals surface area contributed by atoms with Crippen molar-refractivity contribution in [2.45, 2.75) is 37.8 Å². The molecule has 1 aromatic carbocycles. The molecule has 2 rings (SSSR count). The molecular weight excluding hydrogens is 340 g/mol. The number of carbonyl (C=O) groups excluding carboxylic acids is 1. The van der Waals surface area contributed by atoms with Crippen LogP contribution in [0.5, 0.6) is 0 Å². The maximum absolute atomic E-state index is 13.1. The monoisotopic (exact) mass is 357 g/mol. The first-order valence-electron chi connectivity index (χ1n) is 7.41. The van der Waals surface area contributed by atoms with Gasteiger partial charge in [-0.15, -0.1) is 0 Å². The van der Waals surface area contributed by atoms with Crippen molar-refractivity contribution >= 4 is 29.3 Å². The summed E-state index contributed by atoms with van der Waals surface area (Å²) in [7, 11) is 0. The van der Waals surface area contributed by atoms with E-state index in [4.69, 9.17) is 17.3 Å². The molecule has 0 unspecified atom stereocenters. The number of thiocarbonyl (C=S) groups is 1. The summed E-state index contributed by atoms with van der Waals surface area (Å²) < 4.78 is 26.0. The first-order chi connectivity index (χ1) is 11.3. The summed E-state index contributed by atoms with van der Waals surface area (Å²) in [4.78, 5) is 22.5. The third-order valence-corrected chi connectivity index (χ3v) is 4.02. The van der Waals surface area contributed by atoms with Gasteiger partial charge >= 0.3 is 6.09 Å². The second-order valence-corrected chi connectivity index (χ2v) is 5.96. The Morgan fingerprint density at radius 2 is 1.62 bits per heavy atom. The van der Waals surface area contributed by atoms with E-state index < -0.39 is 23.6 Å². The molecule has 1 aromatic rings. The van der Waals surface area contributed by atoms with E-state index in [1.54, 1.807) is 0 Å². The Morgan fingerprint density at radius 3 is 2.17 bits per heavy atom. The molecule has 0 aromatic heterocycles. The number of hydrogen-bond acceptors (Lipinski definition) is 3. The predicted octanol–water partition coefficient (Wildman–Crippen LogP) is 2.15. The maximum atomic E-state index is 13.1. The molecule has 0 radical (unpaired) electrons. The van der Waals surface area contributed by atoms with Gasteiger partial charge in [-0.1, -0.05) is 0 Å². The van der Waals surface area contributed by atoms with Gasteiger partial charge in [0, 0.05) is 17.6 Å². The molecule has 0 bridgehead atoms. The minimum Gasteiger partial charge on any atom is -0.465 e. The molecule has 1 fully saturated rings. The van der Waals surface area contributed by atoms with E-state index in [0.29, 0.717) is 25.7 Å². The van der Waals surface area contributed by atoms with E-state index >= 15 is 0 Å². The summed E-state index contributed by atoms with van der Waals surface area (Å²) in [6.45, 7) is 0. The van der Waals surface area contributed by atoms with Crippen LogP contribution in [0, 0.1) is 11.6 Å². The van der Waals surface area contributed by atoms with E-state index in [1.807, 2.05) is 0 Å². The largest absolute Gasteiger partial charge is 0.465 e. The van der Waals surface area contributed by atoms with Gasteiger partial charge < -0.3 is 15.7 Å². The maximum Gasteiger partial charge on any atom is 0.404 e. The highest BCUT2D eigenvalue weighted by atomic mass is 32.1. The Labute approximate surface area is 142 Å². The van der Waals surface area contributed by atoms with Crippen LogP contribution < -0.4 is 16.0 Å². The van der Waals surface area contributed by atoms with Gasteiger partial charge in [-0.25, -0.2) is 13.6 Å². The van der Waals surface area contributed by atoms with Gasteiger partial charge in [0.2, 0.25) is 0 Å². The lowest BCUT2D eigenvalue weighted by atomic mass is 9.91. The second kappa shape index (κ2) is 8.00. The summed E-state index contributed by atoms with van der Waals surface area (Å²) >= 11 is 5.05. The van der Waals surface area contributed by atoms with Crippen molar-refractivity contribution in [1.29, 1.82) is 0 Å². The van der Waals surface area contributed by atoms with Crippen LogP contribution in [-0.2, 0) is 0 Å². The lowest BCUT2D eigenvalue weighted by Gasteiger charge is -2.29. The van der Waals surface area contributed by atoms with Crippen LogP contribution in [0.25, 0.3) is 0 Å². The van der Waals surface area contributed by atoms with Crippen molar-refractivity contribution in [3.8, 4) is 0 Å². The topological polar surface area (TPSA) is 90.5 Å². The molecule has 1 aliphatic rings. The van der Waals surface area contributed by atoms with Gasteiger partial charge in [-0.3, -0.25) is 10.1 Å². The zero-order valence-corrected chi connectivity index (χ0v) is 13.5. The van der Waals surface area contributed by atoms with Crippen molar-refractivity contribution in [3.63, 3.8) is 0 Å². The van der Waals surface area contributed by atoms with Crippen LogP contribution >= 0.6 is 12.2 Å². The first-order valence-corrected chi connectivity index (χ1v) is 7.82. The van der Waals surface area contributed by atoms with E-state index in [0.717, 1.165) is 12.1 Å². The van der Waals surface area contributed by atoms with Crippen LogP contribution in [0.2, 0.25) is 0 Å². The zero-order valence-electron chi connectivity index (χ0n) is 12.6. The number of hydrogen-bond donors (Lipinski definition) is 4. The molecule has 0 atom stereocenters. The van der Waals surface area contributed by atoms with Crippen molar-refractivity contribution in [2.24, 2.45) is 0 Å². The van der Waals surface area contributed by atoms with Crippen LogP contribution in [0.4, 0.5) is 13.6 Å².